The van der Waals surface area contributed by atoms with Crippen LogP contribution in [-0.4, -0.2) is 21.1 Å². The predicted molar refractivity (Wildman–Crippen MR) is 62.2 cm³/mol. The number of rotatable bonds is 1. The zero-order valence-electron chi connectivity index (χ0n) is 8.65. The Kier molecular flexibility index (Phi) is 2.38. The Hall–Kier alpha value is -1.39. The molecule has 0 atom stereocenters. The topological polar surface area (TPSA) is 42.7 Å². The highest BCUT2D eigenvalue weighted by atomic mass is 35.5. The highest BCUT2D eigenvalue weighted by Gasteiger charge is 2.19. The Morgan fingerprint density at radius 3 is 3.19 bits per heavy atom. The fraction of sp³-hybridized carbons (Fsp3) is 0.273. The van der Waals surface area contributed by atoms with Gasteiger partial charge in [0.15, 0.2) is 5.15 Å². The summed E-state index contributed by atoms with van der Waals surface area (Å²) in [5, 5.41) is 3.87. The third-order valence-corrected chi connectivity index (χ3v) is 3.05. The van der Waals surface area contributed by atoms with Crippen molar-refractivity contribution >= 4 is 11.6 Å². The van der Waals surface area contributed by atoms with E-state index < -0.39 is 0 Å². The first-order valence-electron chi connectivity index (χ1n) is 5.22. The zero-order valence-corrected chi connectivity index (χ0v) is 9.41. The molecule has 0 unspecified atom stereocenters. The van der Waals surface area contributed by atoms with Crippen molar-refractivity contribution in [2.45, 2.75) is 13.1 Å². The zero-order chi connectivity index (χ0) is 11.0. The van der Waals surface area contributed by atoms with Gasteiger partial charge >= 0.3 is 0 Å². The molecule has 0 bridgehead atoms. The van der Waals surface area contributed by atoms with Gasteiger partial charge in [0, 0.05) is 37.6 Å². The van der Waals surface area contributed by atoms with Crippen molar-refractivity contribution in [3.63, 3.8) is 0 Å². The van der Waals surface area contributed by atoms with Crippen LogP contribution in [0.25, 0.3) is 11.4 Å². The van der Waals surface area contributed by atoms with E-state index in [4.69, 9.17) is 11.6 Å². The molecule has 0 aromatic carbocycles. The van der Waals surface area contributed by atoms with Crippen LogP contribution in [0.3, 0.4) is 0 Å². The smallest absolute Gasteiger partial charge is 0.152 e. The Morgan fingerprint density at radius 2 is 2.38 bits per heavy atom. The molecule has 3 rings (SSSR count). The minimum atomic E-state index is 0.589. The maximum absolute atomic E-state index is 6.12. The molecule has 1 aliphatic heterocycles. The normalized spacial score (nSPS) is 14.8. The van der Waals surface area contributed by atoms with Crippen LogP contribution in [0.15, 0.2) is 24.5 Å². The molecular formula is C11H11ClN4. The van der Waals surface area contributed by atoms with Crippen LogP contribution in [0.4, 0.5) is 0 Å². The lowest BCUT2D eigenvalue weighted by atomic mass is 10.2. The summed E-state index contributed by atoms with van der Waals surface area (Å²) in [6, 6.07) is 3.91. The van der Waals surface area contributed by atoms with E-state index in [0.29, 0.717) is 5.15 Å². The molecule has 0 aliphatic carbocycles. The molecule has 3 heterocycles. The van der Waals surface area contributed by atoms with Gasteiger partial charge < -0.3 is 9.88 Å². The van der Waals surface area contributed by atoms with Crippen LogP contribution in [0.1, 0.15) is 5.69 Å². The van der Waals surface area contributed by atoms with E-state index in [2.05, 4.69) is 19.9 Å². The lowest BCUT2D eigenvalue weighted by molar-refractivity contribution is 0.520. The Balaban J connectivity index is 2.15. The maximum atomic E-state index is 6.12. The summed E-state index contributed by atoms with van der Waals surface area (Å²) < 4.78 is 2.16. The van der Waals surface area contributed by atoms with Crippen LogP contribution in [0.2, 0.25) is 5.15 Å². The molecule has 1 N–H and O–H groups in total. The summed E-state index contributed by atoms with van der Waals surface area (Å²) in [6.07, 6.45) is 3.57. The van der Waals surface area contributed by atoms with Crippen LogP contribution in [-0.2, 0) is 13.1 Å². The molecule has 1 aliphatic rings. The Bertz CT molecular complexity index is 506. The summed E-state index contributed by atoms with van der Waals surface area (Å²) in [5.41, 5.74) is 2.07. The molecular weight excluding hydrogens is 224 g/mol. The third-order valence-electron chi connectivity index (χ3n) is 2.75. The molecule has 5 heteroatoms. The fourth-order valence-electron chi connectivity index (χ4n) is 1.98. The van der Waals surface area contributed by atoms with Crippen LogP contribution < -0.4 is 5.32 Å². The quantitative estimate of drug-likeness (QED) is 0.817. The minimum absolute atomic E-state index is 0.589. The lowest BCUT2D eigenvalue weighted by Gasteiger charge is -2.17. The van der Waals surface area contributed by atoms with E-state index >= 15 is 0 Å². The van der Waals surface area contributed by atoms with Crippen molar-refractivity contribution in [2.24, 2.45) is 0 Å². The van der Waals surface area contributed by atoms with E-state index in [1.165, 1.54) is 0 Å². The van der Waals surface area contributed by atoms with Crippen molar-refractivity contribution in [1.82, 2.24) is 19.9 Å². The van der Waals surface area contributed by atoms with E-state index in [0.717, 1.165) is 36.7 Å². The molecule has 4 nitrogen and oxygen atoms in total. The number of nitrogens with zero attached hydrogens (tertiary/aromatic N) is 3. The van der Waals surface area contributed by atoms with E-state index in [-0.39, 0.29) is 0 Å². The van der Waals surface area contributed by atoms with Gasteiger partial charge in [0.2, 0.25) is 0 Å². The van der Waals surface area contributed by atoms with E-state index in [9.17, 15) is 0 Å². The second kappa shape index (κ2) is 3.88. The molecule has 0 fully saturated rings. The van der Waals surface area contributed by atoms with Gasteiger partial charge in [0.25, 0.3) is 0 Å². The molecule has 0 radical (unpaired) electrons. The second-order valence-electron chi connectivity index (χ2n) is 3.74. The van der Waals surface area contributed by atoms with Gasteiger partial charge in [-0.3, -0.25) is 4.98 Å². The summed E-state index contributed by atoms with van der Waals surface area (Å²) in [5.74, 6) is 0.912. The van der Waals surface area contributed by atoms with E-state index in [1.54, 1.807) is 6.20 Å². The second-order valence-corrected chi connectivity index (χ2v) is 4.10. The van der Waals surface area contributed by atoms with Crippen LogP contribution in [0, 0.1) is 0 Å². The Labute approximate surface area is 98.3 Å². The van der Waals surface area contributed by atoms with Crippen LogP contribution in [0.5, 0.6) is 0 Å². The Morgan fingerprint density at radius 1 is 1.44 bits per heavy atom. The van der Waals surface area contributed by atoms with Crippen molar-refractivity contribution < 1.29 is 0 Å². The van der Waals surface area contributed by atoms with Crippen molar-refractivity contribution in [3.8, 4) is 11.4 Å². The minimum Gasteiger partial charge on any atom is -0.324 e. The van der Waals surface area contributed by atoms with E-state index in [1.807, 2.05) is 18.3 Å². The largest absolute Gasteiger partial charge is 0.324 e. The number of fused-ring (bicyclic) bond motifs is 1. The number of pyridine rings is 1. The number of hydrogen-bond acceptors (Lipinski definition) is 3. The molecule has 0 saturated heterocycles. The SMILES string of the molecule is Clc1nc(-c2cccnc2)n2c1CNCC2. The van der Waals surface area contributed by atoms with Crippen molar-refractivity contribution in [3.05, 3.63) is 35.4 Å². The highest BCUT2D eigenvalue weighted by molar-refractivity contribution is 6.30. The summed E-state index contributed by atoms with van der Waals surface area (Å²) in [6.45, 7) is 2.64. The maximum Gasteiger partial charge on any atom is 0.152 e. The molecule has 0 amide bonds. The lowest BCUT2D eigenvalue weighted by Crippen LogP contribution is -2.28. The number of hydrogen-bond donors (Lipinski definition) is 1. The summed E-state index contributed by atoms with van der Waals surface area (Å²) in [7, 11) is 0. The number of imidazole rings is 1. The fourth-order valence-corrected chi connectivity index (χ4v) is 2.23. The van der Waals surface area contributed by atoms with Gasteiger partial charge in [-0.2, -0.15) is 0 Å². The molecule has 2 aromatic rings. The summed E-state index contributed by atoms with van der Waals surface area (Å²) >= 11 is 6.12. The first kappa shape index (κ1) is 9.81. The van der Waals surface area contributed by atoms with Gasteiger partial charge in [-0.15, -0.1) is 0 Å². The first-order chi connectivity index (χ1) is 7.86. The molecule has 0 saturated carbocycles. The van der Waals surface area contributed by atoms with Crippen molar-refractivity contribution in [2.75, 3.05) is 6.54 Å². The van der Waals surface area contributed by atoms with Gasteiger partial charge in [-0.05, 0) is 12.1 Å². The van der Waals surface area contributed by atoms with Crippen molar-refractivity contribution in [1.29, 1.82) is 0 Å². The molecule has 82 valence electrons. The predicted octanol–water partition coefficient (Wildman–Crippen LogP) is 1.70. The van der Waals surface area contributed by atoms with Gasteiger partial charge in [0.05, 0.1) is 5.69 Å². The average molecular weight is 235 g/mol. The van der Waals surface area contributed by atoms with Gasteiger partial charge in [-0.25, -0.2) is 4.98 Å². The average Bonchev–Trinajstić information content (AvgIpc) is 2.69. The molecule has 16 heavy (non-hydrogen) atoms. The van der Waals surface area contributed by atoms with Gasteiger partial charge in [0.1, 0.15) is 5.82 Å². The molecule has 2 aromatic heterocycles. The standard InChI is InChI=1S/C11H11ClN4/c12-10-9-7-14-4-5-16(9)11(15-10)8-2-1-3-13-6-8/h1-3,6,14H,4-5,7H2. The summed E-state index contributed by atoms with van der Waals surface area (Å²) in [4.78, 5) is 8.52. The van der Waals surface area contributed by atoms with Gasteiger partial charge in [-0.1, -0.05) is 11.6 Å². The molecule has 0 spiro atoms. The highest BCUT2D eigenvalue weighted by Crippen LogP contribution is 2.26. The number of nitrogens with one attached hydrogen (secondary N) is 1. The number of aromatic nitrogens is 3. The third kappa shape index (κ3) is 1.50. The number of halogens is 1. The first-order valence-corrected chi connectivity index (χ1v) is 5.60. The monoisotopic (exact) mass is 234 g/mol. The van der Waals surface area contributed by atoms with Crippen LogP contribution >= 0.6 is 11.6 Å².